The third kappa shape index (κ3) is 5.45. The second-order valence-corrected chi connectivity index (χ2v) is 9.50. The molecule has 0 radical (unpaired) electrons. The predicted molar refractivity (Wildman–Crippen MR) is 120 cm³/mol. The Kier molecular flexibility index (Phi) is 6.61. The Hall–Kier alpha value is -2.40. The zero-order chi connectivity index (χ0) is 22.0. The Labute approximate surface area is 185 Å². The van der Waals surface area contributed by atoms with E-state index in [0.29, 0.717) is 24.8 Å². The molecule has 1 aliphatic heterocycles. The average molecular weight is 425 g/mol. The van der Waals surface area contributed by atoms with Gasteiger partial charge in [-0.05, 0) is 81.0 Å². The van der Waals surface area contributed by atoms with Crippen LogP contribution in [-0.2, 0) is 17.8 Å². The number of likely N-dealkylation sites (tertiary alicyclic amines) is 1. The van der Waals surface area contributed by atoms with E-state index in [1.807, 2.05) is 43.0 Å². The maximum absolute atomic E-state index is 13.4. The summed E-state index contributed by atoms with van der Waals surface area (Å²) in [6, 6.07) is 14.6. The fourth-order valence-corrected chi connectivity index (χ4v) is 5.20. The van der Waals surface area contributed by atoms with Gasteiger partial charge >= 0.3 is 0 Å². The van der Waals surface area contributed by atoms with Gasteiger partial charge in [0, 0.05) is 25.7 Å². The Morgan fingerprint density at radius 2 is 1.61 bits per heavy atom. The number of amides is 1. The molecule has 0 spiro atoms. The number of carbonyl (C=O) groups is 1. The van der Waals surface area contributed by atoms with Crippen LogP contribution in [0.2, 0.25) is 0 Å². The maximum Gasteiger partial charge on any atom is 0.227 e. The lowest BCUT2D eigenvalue weighted by atomic mass is 10.0. The van der Waals surface area contributed by atoms with Crippen LogP contribution in [0.25, 0.3) is 0 Å². The lowest BCUT2D eigenvalue weighted by Crippen LogP contribution is -2.40. The average Bonchev–Trinajstić information content (AvgIpc) is 3.25. The second-order valence-electron chi connectivity index (χ2n) is 9.50. The van der Waals surface area contributed by atoms with Gasteiger partial charge in [0.15, 0.2) is 0 Å². The normalized spacial score (nSPS) is 23.2. The van der Waals surface area contributed by atoms with E-state index in [4.69, 9.17) is 4.74 Å². The van der Waals surface area contributed by atoms with Crippen molar-refractivity contribution in [1.29, 1.82) is 0 Å². The quantitative estimate of drug-likeness (QED) is 0.655. The fraction of sp³-hybridized carbons (Fsp3) is 0.500. The lowest BCUT2D eigenvalue weighted by Gasteiger charge is -2.30. The number of hydrogen-bond donors (Lipinski definition) is 0. The van der Waals surface area contributed by atoms with Gasteiger partial charge in [0.1, 0.15) is 11.6 Å². The van der Waals surface area contributed by atoms with Gasteiger partial charge in [-0.1, -0.05) is 24.3 Å². The first kappa shape index (κ1) is 21.8. The minimum Gasteiger partial charge on any atom is -0.491 e. The molecule has 2 fully saturated rings. The second kappa shape index (κ2) is 9.39. The number of carbonyl (C=O) groups excluding carboxylic acids is 1. The molecule has 2 aromatic carbocycles. The van der Waals surface area contributed by atoms with Crippen LogP contribution in [0.15, 0.2) is 48.5 Å². The molecule has 0 aromatic heterocycles. The number of hydrogen-bond acceptors (Lipinski definition) is 3. The van der Waals surface area contributed by atoms with Gasteiger partial charge in [-0.15, -0.1) is 0 Å². The highest BCUT2D eigenvalue weighted by molar-refractivity contribution is 5.79. The van der Waals surface area contributed by atoms with Gasteiger partial charge in [-0.2, -0.15) is 0 Å². The molecule has 1 saturated heterocycles. The van der Waals surface area contributed by atoms with Crippen LogP contribution in [0, 0.1) is 17.7 Å². The van der Waals surface area contributed by atoms with Gasteiger partial charge < -0.3 is 14.5 Å². The van der Waals surface area contributed by atoms with Crippen LogP contribution >= 0.6 is 0 Å². The van der Waals surface area contributed by atoms with E-state index in [1.54, 1.807) is 12.1 Å². The Morgan fingerprint density at radius 3 is 2.19 bits per heavy atom. The van der Waals surface area contributed by atoms with E-state index in [-0.39, 0.29) is 23.9 Å². The molecule has 5 heteroatoms. The molecule has 4 rings (SSSR count). The molecule has 3 atom stereocenters. The summed E-state index contributed by atoms with van der Waals surface area (Å²) in [7, 11) is 2.18. The SMILES string of the molecule is CC(C)Oc1ccc(CC(=O)N(Cc2ccc(F)cc2)C2CC3CN(C)C[C@@H]3C2)cc1. The first-order valence-corrected chi connectivity index (χ1v) is 11.4. The number of rotatable bonds is 7. The summed E-state index contributed by atoms with van der Waals surface area (Å²) in [5, 5.41) is 0. The summed E-state index contributed by atoms with van der Waals surface area (Å²) < 4.78 is 19.1. The number of nitrogens with zero attached hydrogens (tertiary/aromatic N) is 2. The first-order chi connectivity index (χ1) is 14.9. The maximum atomic E-state index is 13.4. The zero-order valence-corrected chi connectivity index (χ0v) is 18.8. The number of benzene rings is 2. The van der Waals surface area contributed by atoms with Crippen LogP contribution in [0.3, 0.4) is 0 Å². The number of halogens is 1. The van der Waals surface area contributed by atoms with Crippen molar-refractivity contribution in [3.63, 3.8) is 0 Å². The van der Waals surface area contributed by atoms with Crippen molar-refractivity contribution < 1.29 is 13.9 Å². The molecule has 1 amide bonds. The summed E-state index contributed by atoms with van der Waals surface area (Å²) in [6.45, 7) is 6.78. The lowest BCUT2D eigenvalue weighted by molar-refractivity contribution is -0.133. The smallest absolute Gasteiger partial charge is 0.227 e. The molecule has 0 bridgehead atoms. The van der Waals surface area contributed by atoms with E-state index in [2.05, 4.69) is 11.9 Å². The molecule has 2 unspecified atom stereocenters. The predicted octanol–water partition coefficient (Wildman–Crippen LogP) is 4.52. The molecule has 4 nitrogen and oxygen atoms in total. The molecule has 1 saturated carbocycles. The highest BCUT2D eigenvalue weighted by Crippen LogP contribution is 2.40. The van der Waals surface area contributed by atoms with E-state index in [1.165, 1.54) is 12.1 Å². The fourth-order valence-electron chi connectivity index (χ4n) is 5.20. The minimum atomic E-state index is -0.247. The zero-order valence-electron chi connectivity index (χ0n) is 18.8. The number of fused-ring (bicyclic) bond motifs is 1. The molecule has 1 heterocycles. The van der Waals surface area contributed by atoms with E-state index < -0.39 is 0 Å². The monoisotopic (exact) mass is 424 g/mol. The number of ether oxygens (including phenoxy) is 1. The molecule has 166 valence electrons. The van der Waals surface area contributed by atoms with Crippen LogP contribution in [0.4, 0.5) is 4.39 Å². The molecule has 2 aromatic rings. The third-order valence-electron chi connectivity index (χ3n) is 6.59. The standard InChI is InChI=1S/C26H33FN2O2/c1-18(2)31-25-10-6-19(7-11-25)12-26(30)29(15-20-4-8-23(27)9-5-20)24-13-21-16-28(3)17-22(21)14-24/h4-11,18,21-22,24H,12-17H2,1-3H3/t21-,22?,24?/m0/s1. The van der Waals surface area contributed by atoms with E-state index in [0.717, 1.165) is 42.8 Å². The largest absolute Gasteiger partial charge is 0.491 e. The van der Waals surface area contributed by atoms with Crippen LogP contribution in [0.1, 0.15) is 37.8 Å². The molecular weight excluding hydrogens is 391 g/mol. The summed E-state index contributed by atoms with van der Waals surface area (Å²) >= 11 is 0. The van der Waals surface area contributed by atoms with Gasteiger partial charge in [-0.3, -0.25) is 4.79 Å². The Morgan fingerprint density at radius 1 is 1.03 bits per heavy atom. The van der Waals surface area contributed by atoms with Crippen molar-refractivity contribution in [3.8, 4) is 5.75 Å². The third-order valence-corrected chi connectivity index (χ3v) is 6.59. The first-order valence-electron chi connectivity index (χ1n) is 11.4. The van der Waals surface area contributed by atoms with E-state index in [9.17, 15) is 9.18 Å². The highest BCUT2D eigenvalue weighted by Gasteiger charge is 2.42. The highest BCUT2D eigenvalue weighted by atomic mass is 19.1. The molecule has 0 N–H and O–H groups in total. The summed E-state index contributed by atoms with van der Waals surface area (Å²) in [4.78, 5) is 17.9. The van der Waals surface area contributed by atoms with Crippen molar-refractivity contribution >= 4 is 5.91 Å². The van der Waals surface area contributed by atoms with Crippen molar-refractivity contribution in [1.82, 2.24) is 9.80 Å². The summed E-state index contributed by atoms with van der Waals surface area (Å²) in [5.74, 6) is 2.06. The summed E-state index contributed by atoms with van der Waals surface area (Å²) in [6.07, 6.45) is 2.61. The van der Waals surface area contributed by atoms with Crippen LogP contribution in [-0.4, -0.2) is 48.0 Å². The van der Waals surface area contributed by atoms with Crippen LogP contribution < -0.4 is 4.74 Å². The van der Waals surface area contributed by atoms with Gasteiger partial charge in [0.25, 0.3) is 0 Å². The molecule has 1 aliphatic carbocycles. The Balaban J connectivity index is 1.48. The summed E-state index contributed by atoms with van der Waals surface area (Å²) in [5.41, 5.74) is 1.97. The molecular formula is C26H33FN2O2. The van der Waals surface area contributed by atoms with Crippen molar-refractivity contribution in [3.05, 3.63) is 65.5 Å². The molecule has 2 aliphatic rings. The topological polar surface area (TPSA) is 32.8 Å². The van der Waals surface area contributed by atoms with Gasteiger partial charge in [0.05, 0.1) is 12.5 Å². The van der Waals surface area contributed by atoms with Crippen molar-refractivity contribution in [2.75, 3.05) is 20.1 Å². The van der Waals surface area contributed by atoms with Crippen molar-refractivity contribution in [2.24, 2.45) is 11.8 Å². The minimum absolute atomic E-state index is 0.125. The van der Waals surface area contributed by atoms with Crippen LogP contribution in [0.5, 0.6) is 5.75 Å². The van der Waals surface area contributed by atoms with Gasteiger partial charge in [0.2, 0.25) is 5.91 Å². The Bertz CT molecular complexity index is 867. The van der Waals surface area contributed by atoms with Gasteiger partial charge in [-0.25, -0.2) is 4.39 Å². The van der Waals surface area contributed by atoms with Crippen molar-refractivity contribution in [2.45, 2.75) is 51.8 Å². The molecule has 31 heavy (non-hydrogen) atoms. The van der Waals surface area contributed by atoms with E-state index >= 15 is 0 Å².